The summed E-state index contributed by atoms with van der Waals surface area (Å²) in [6, 6.07) is 6.78. The van der Waals surface area contributed by atoms with Gasteiger partial charge in [-0.15, -0.1) is 11.3 Å². The normalized spacial score (nSPS) is 14.5. The number of amides is 2. The summed E-state index contributed by atoms with van der Waals surface area (Å²) in [6.07, 6.45) is 6.12. The molecule has 0 aliphatic heterocycles. The molecule has 8 heteroatoms. The quantitative estimate of drug-likeness (QED) is 0.467. The van der Waals surface area contributed by atoms with Crippen LogP contribution in [0.25, 0.3) is 0 Å². The van der Waals surface area contributed by atoms with Gasteiger partial charge in [0.15, 0.2) is 11.5 Å². The van der Waals surface area contributed by atoms with Crippen molar-refractivity contribution in [3.63, 3.8) is 0 Å². The molecule has 2 amide bonds. The van der Waals surface area contributed by atoms with Gasteiger partial charge in [-0.2, -0.15) is 0 Å². The monoisotopic (exact) mass is 488 g/mol. The number of methoxy groups -OCH3 is 3. The van der Waals surface area contributed by atoms with Crippen LogP contribution in [0.2, 0.25) is 0 Å². The van der Waals surface area contributed by atoms with E-state index in [1.165, 1.54) is 0 Å². The summed E-state index contributed by atoms with van der Waals surface area (Å²) in [5, 5.41) is 5.17. The third-order valence-electron chi connectivity index (χ3n) is 6.24. The molecule has 0 bridgehead atoms. The predicted octanol–water partition coefficient (Wildman–Crippen LogP) is 4.75. The van der Waals surface area contributed by atoms with Gasteiger partial charge in [-0.3, -0.25) is 9.59 Å². The standard InChI is InChI=1S/C26H36N2O5S/c1-5-6-13-28(23(29)17-20-12-9-14-34-20)24(26(30)27-19-10-7-8-11-19)18-15-21(31-2)25(33-4)22(16-18)32-3/h9,12,14-16,19,24H,5-8,10-11,13,17H2,1-4H3,(H,27,30). The molecule has 34 heavy (non-hydrogen) atoms. The SMILES string of the molecule is CCCCN(C(=O)Cc1cccs1)C(C(=O)NC1CCCC1)c1cc(OC)c(OC)c(OC)c1. The highest BCUT2D eigenvalue weighted by Gasteiger charge is 2.34. The lowest BCUT2D eigenvalue weighted by molar-refractivity contribution is -0.140. The van der Waals surface area contributed by atoms with Gasteiger partial charge in [-0.25, -0.2) is 0 Å². The molecule has 1 unspecified atom stereocenters. The Labute approximate surface area is 206 Å². The summed E-state index contributed by atoms with van der Waals surface area (Å²) in [4.78, 5) is 30.0. The summed E-state index contributed by atoms with van der Waals surface area (Å²) in [6.45, 7) is 2.56. The lowest BCUT2D eigenvalue weighted by Crippen LogP contribution is -2.47. The number of nitrogens with zero attached hydrogens (tertiary/aromatic N) is 1. The lowest BCUT2D eigenvalue weighted by Gasteiger charge is -2.33. The van der Waals surface area contributed by atoms with Crippen molar-refractivity contribution in [3.05, 3.63) is 40.1 Å². The Bertz CT molecular complexity index is 916. The molecular formula is C26H36N2O5S. The summed E-state index contributed by atoms with van der Waals surface area (Å²) >= 11 is 1.55. The van der Waals surface area contributed by atoms with Gasteiger partial charge in [-0.05, 0) is 48.4 Å². The van der Waals surface area contributed by atoms with Crippen LogP contribution in [-0.2, 0) is 16.0 Å². The number of ether oxygens (including phenoxy) is 3. The van der Waals surface area contributed by atoms with Crippen molar-refractivity contribution in [2.45, 2.75) is 64.0 Å². The third kappa shape index (κ3) is 6.23. The number of carbonyl (C=O) groups excluding carboxylic acids is 2. The van der Waals surface area contributed by atoms with Crippen molar-refractivity contribution in [2.75, 3.05) is 27.9 Å². The third-order valence-corrected chi connectivity index (χ3v) is 7.12. The second-order valence-corrected chi connectivity index (χ2v) is 9.58. The van der Waals surface area contributed by atoms with E-state index >= 15 is 0 Å². The number of hydrogen-bond acceptors (Lipinski definition) is 6. The van der Waals surface area contributed by atoms with Gasteiger partial charge < -0.3 is 24.4 Å². The maximum absolute atomic E-state index is 13.7. The Morgan fingerprint density at radius 3 is 2.32 bits per heavy atom. The van der Waals surface area contributed by atoms with E-state index in [4.69, 9.17) is 14.2 Å². The number of benzene rings is 1. The second-order valence-electron chi connectivity index (χ2n) is 8.55. The fraction of sp³-hybridized carbons (Fsp3) is 0.538. The van der Waals surface area contributed by atoms with Crippen LogP contribution in [0.4, 0.5) is 0 Å². The zero-order valence-corrected chi connectivity index (χ0v) is 21.4. The van der Waals surface area contributed by atoms with Crippen LogP contribution in [0.1, 0.15) is 61.9 Å². The Hall–Kier alpha value is -2.74. The van der Waals surface area contributed by atoms with Crippen molar-refractivity contribution in [3.8, 4) is 17.2 Å². The molecule has 1 aliphatic carbocycles. The highest BCUT2D eigenvalue weighted by Crippen LogP contribution is 2.41. The van der Waals surface area contributed by atoms with Crippen molar-refractivity contribution in [1.82, 2.24) is 10.2 Å². The molecule has 1 atom stereocenters. The van der Waals surface area contributed by atoms with E-state index in [1.54, 1.807) is 49.7 Å². The molecule has 1 N–H and O–H groups in total. The van der Waals surface area contributed by atoms with Crippen LogP contribution >= 0.6 is 11.3 Å². The van der Waals surface area contributed by atoms with Gasteiger partial charge in [-0.1, -0.05) is 32.3 Å². The Kier molecular flexibility index (Phi) is 9.62. The fourth-order valence-electron chi connectivity index (χ4n) is 4.47. The van der Waals surface area contributed by atoms with Crippen molar-refractivity contribution < 1.29 is 23.8 Å². The fourth-order valence-corrected chi connectivity index (χ4v) is 5.17. The molecule has 0 radical (unpaired) electrons. The molecule has 7 nitrogen and oxygen atoms in total. The minimum absolute atomic E-state index is 0.0729. The average molecular weight is 489 g/mol. The van der Waals surface area contributed by atoms with Crippen LogP contribution in [0.3, 0.4) is 0 Å². The number of rotatable bonds is 12. The molecule has 1 aromatic heterocycles. The smallest absolute Gasteiger partial charge is 0.247 e. The molecule has 186 valence electrons. The molecular weight excluding hydrogens is 452 g/mol. The minimum Gasteiger partial charge on any atom is -0.493 e. The van der Waals surface area contributed by atoms with E-state index in [9.17, 15) is 9.59 Å². The highest BCUT2D eigenvalue weighted by atomic mass is 32.1. The van der Waals surface area contributed by atoms with Crippen LogP contribution in [0.5, 0.6) is 17.2 Å². The van der Waals surface area contributed by atoms with Crippen LogP contribution in [0.15, 0.2) is 29.6 Å². The molecule has 1 aromatic carbocycles. The van der Waals surface area contributed by atoms with Crippen molar-refractivity contribution in [2.24, 2.45) is 0 Å². The molecule has 1 fully saturated rings. The first-order valence-corrected chi connectivity index (χ1v) is 12.8. The minimum atomic E-state index is -0.798. The molecule has 0 saturated heterocycles. The van der Waals surface area contributed by atoms with Gasteiger partial charge in [0, 0.05) is 17.5 Å². The van der Waals surface area contributed by atoms with E-state index in [1.807, 2.05) is 17.5 Å². The maximum Gasteiger partial charge on any atom is 0.247 e. The van der Waals surface area contributed by atoms with Crippen LogP contribution in [-0.4, -0.2) is 50.6 Å². The van der Waals surface area contributed by atoms with Gasteiger partial charge in [0.05, 0.1) is 27.8 Å². The van der Waals surface area contributed by atoms with Crippen LogP contribution < -0.4 is 19.5 Å². The summed E-state index contributed by atoms with van der Waals surface area (Å²) in [5.74, 6) is 1.12. The van der Waals surface area contributed by atoms with Crippen LogP contribution in [0, 0.1) is 0 Å². The van der Waals surface area contributed by atoms with Gasteiger partial charge in [0.2, 0.25) is 17.6 Å². The highest BCUT2D eigenvalue weighted by molar-refractivity contribution is 7.10. The summed E-state index contributed by atoms with van der Waals surface area (Å²) in [5.41, 5.74) is 0.639. The molecule has 2 aromatic rings. The average Bonchev–Trinajstić information content (AvgIpc) is 3.55. The number of hydrogen-bond donors (Lipinski definition) is 1. The van der Waals surface area contributed by atoms with Gasteiger partial charge >= 0.3 is 0 Å². The van der Waals surface area contributed by atoms with E-state index in [2.05, 4.69) is 12.2 Å². The lowest BCUT2D eigenvalue weighted by atomic mass is 10.0. The predicted molar refractivity (Wildman–Crippen MR) is 134 cm³/mol. The van der Waals surface area contributed by atoms with Crippen molar-refractivity contribution >= 4 is 23.2 Å². The molecule has 3 rings (SSSR count). The molecule has 1 saturated carbocycles. The Balaban J connectivity index is 2.04. The van der Waals surface area contributed by atoms with E-state index in [-0.39, 0.29) is 24.3 Å². The number of nitrogens with one attached hydrogen (secondary N) is 1. The number of thiophene rings is 1. The first-order chi connectivity index (χ1) is 16.5. The first-order valence-electron chi connectivity index (χ1n) is 11.9. The summed E-state index contributed by atoms with van der Waals surface area (Å²) in [7, 11) is 4.64. The van der Waals surface area contributed by atoms with E-state index in [0.29, 0.717) is 29.4 Å². The van der Waals surface area contributed by atoms with Crippen molar-refractivity contribution in [1.29, 1.82) is 0 Å². The van der Waals surface area contributed by atoms with Gasteiger partial charge in [0.25, 0.3) is 0 Å². The molecule has 1 aliphatic rings. The zero-order chi connectivity index (χ0) is 24.5. The van der Waals surface area contributed by atoms with E-state index in [0.717, 1.165) is 43.4 Å². The molecule has 0 spiro atoms. The first kappa shape index (κ1) is 25.9. The summed E-state index contributed by atoms with van der Waals surface area (Å²) < 4.78 is 16.6. The Morgan fingerprint density at radius 2 is 1.79 bits per heavy atom. The van der Waals surface area contributed by atoms with Gasteiger partial charge in [0.1, 0.15) is 6.04 Å². The Morgan fingerprint density at radius 1 is 1.12 bits per heavy atom. The second kappa shape index (κ2) is 12.6. The topological polar surface area (TPSA) is 77.1 Å². The van der Waals surface area contributed by atoms with E-state index < -0.39 is 6.04 Å². The number of unbranched alkanes of at least 4 members (excludes halogenated alkanes) is 1. The largest absolute Gasteiger partial charge is 0.493 e. The maximum atomic E-state index is 13.7. The zero-order valence-electron chi connectivity index (χ0n) is 20.6. The molecule has 1 heterocycles. The number of carbonyl (C=O) groups is 2.